The monoisotopic (exact) mass is 539 g/mol. The second-order valence-corrected chi connectivity index (χ2v) is 12.4. The molecule has 9 heteroatoms. The third kappa shape index (κ3) is 3.30. The van der Waals surface area contributed by atoms with E-state index >= 15 is 0 Å². The lowest BCUT2D eigenvalue weighted by molar-refractivity contribution is -0.170. The van der Waals surface area contributed by atoms with Gasteiger partial charge in [-0.3, -0.25) is 0 Å². The highest BCUT2D eigenvalue weighted by Gasteiger charge is 2.69. The predicted molar refractivity (Wildman–Crippen MR) is 139 cm³/mol. The summed E-state index contributed by atoms with van der Waals surface area (Å²) in [6.45, 7) is 1.95. The Hall–Kier alpha value is -2.59. The van der Waals surface area contributed by atoms with Crippen LogP contribution < -0.4 is 0 Å². The van der Waals surface area contributed by atoms with Crippen LogP contribution in [-0.2, 0) is 4.74 Å². The molecule has 2 bridgehead atoms. The van der Waals surface area contributed by atoms with Gasteiger partial charge in [-0.2, -0.15) is 13.2 Å². The lowest BCUT2D eigenvalue weighted by Gasteiger charge is -2.57. The molecule has 3 aliphatic carbocycles. The Morgan fingerprint density at radius 2 is 1.95 bits per heavy atom. The van der Waals surface area contributed by atoms with Crippen LogP contribution >= 0.6 is 0 Å². The van der Waals surface area contributed by atoms with Crippen molar-refractivity contribution in [3.63, 3.8) is 0 Å². The number of allylic oxidation sites excluding steroid dienone is 3. The van der Waals surface area contributed by atoms with E-state index in [0.29, 0.717) is 31.3 Å². The molecule has 2 fully saturated rings. The van der Waals surface area contributed by atoms with Crippen molar-refractivity contribution >= 4 is 16.5 Å². The average molecular weight is 540 g/mol. The predicted octanol–water partition coefficient (Wildman–Crippen LogP) is 4.59. The molecule has 0 amide bonds. The fourth-order valence-corrected chi connectivity index (χ4v) is 8.52. The number of hydrogen-bond donors (Lipinski definition) is 2. The molecule has 1 unspecified atom stereocenters. The summed E-state index contributed by atoms with van der Waals surface area (Å²) in [5, 5.41) is 22.9. The Morgan fingerprint density at radius 1 is 1.15 bits per heavy atom. The topological polar surface area (TPSA) is 78.7 Å². The fourth-order valence-electron chi connectivity index (χ4n) is 8.52. The number of likely N-dealkylation sites (N-methyl/N-ethyl adjacent to an activating group) is 1. The summed E-state index contributed by atoms with van der Waals surface area (Å²) in [6, 6.07) is 5.44. The Labute approximate surface area is 224 Å². The lowest BCUT2D eigenvalue weighted by atomic mass is 9.56. The maximum atomic E-state index is 14.9. The van der Waals surface area contributed by atoms with Gasteiger partial charge in [0.05, 0.1) is 22.8 Å². The van der Waals surface area contributed by atoms with Crippen LogP contribution in [-0.4, -0.2) is 74.8 Å². The Balaban J connectivity index is 1.39. The average Bonchev–Trinajstić information content (AvgIpc) is 3.40. The van der Waals surface area contributed by atoms with Crippen molar-refractivity contribution < 1.29 is 28.1 Å². The van der Waals surface area contributed by atoms with E-state index < -0.39 is 40.6 Å². The van der Waals surface area contributed by atoms with Crippen molar-refractivity contribution in [3.05, 3.63) is 65.2 Å². The minimum Gasteiger partial charge on any atom is -0.388 e. The highest BCUT2D eigenvalue weighted by atomic mass is 19.4. The molecule has 1 saturated heterocycles. The maximum absolute atomic E-state index is 14.9. The van der Waals surface area contributed by atoms with Crippen LogP contribution in [0.1, 0.15) is 44.6 Å². The minimum atomic E-state index is -4.56. The van der Waals surface area contributed by atoms with Crippen molar-refractivity contribution in [2.24, 2.45) is 11.3 Å². The molecule has 2 aliphatic heterocycles. The first-order valence-corrected chi connectivity index (χ1v) is 13.6. The molecule has 1 saturated carbocycles. The molecule has 1 aromatic heterocycles. The summed E-state index contributed by atoms with van der Waals surface area (Å²) in [5.74, 6) is -0.193. The number of alkyl halides is 3. The van der Waals surface area contributed by atoms with Crippen LogP contribution in [0.5, 0.6) is 0 Å². The molecule has 206 valence electrons. The van der Waals surface area contributed by atoms with Crippen LogP contribution in [0.4, 0.5) is 13.2 Å². The number of fused-ring (bicyclic) bond motifs is 2. The fraction of sp³-hybridized carbons (Fsp3) is 0.533. The number of ether oxygens (including phenoxy) is 1. The van der Waals surface area contributed by atoms with Crippen LogP contribution in [0.25, 0.3) is 16.5 Å². The zero-order valence-corrected chi connectivity index (χ0v) is 22.2. The molecule has 2 aromatic rings. The largest absolute Gasteiger partial charge is 0.413 e. The van der Waals surface area contributed by atoms with E-state index in [0.717, 1.165) is 22.0 Å². The second kappa shape index (κ2) is 8.00. The van der Waals surface area contributed by atoms with Crippen LogP contribution in [0.3, 0.4) is 0 Å². The third-order valence-electron chi connectivity index (χ3n) is 10.3. The van der Waals surface area contributed by atoms with E-state index in [4.69, 9.17) is 4.74 Å². The summed E-state index contributed by atoms with van der Waals surface area (Å²) in [5.41, 5.74) is -0.340. The quantitative estimate of drug-likeness (QED) is 0.582. The van der Waals surface area contributed by atoms with Crippen LogP contribution in [0, 0.1) is 11.3 Å². The Kier molecular flexibility index (Phi) is 5.20. The van der Waals surface area contributed by atoms with Crippen molar-refractivity contribution in [2.45, 2.75) is 74.7 Å². The first-order valence-electron chi connectivity index (χ1n) is 13.6. The van der Waals surface area contributed by atoms with Gasteiger partial charge in [0.2, 0.25) is 0 Å². The van der Waals surface area contributed by atoms with Gasteiger partial charge in [-0.25, -0.2) is 9.97 Å². The molecule has 3 heterocycles. The molecule has 6 nitrogen and oxygen atoms in total. The summed E-state index contributed by atoms with van der Waals surface area (Å²) < 4.78 is 51.6. The van der Waals surface area contributed by atoms with E-state index in [1.54, 1.807) is 12.3 Å². The molecule has 2 N–H and O–H groups in total. The molecule has 7 rings (SSSR count). The van der Waals surface area contributed by atoms with Gasteiger partial charge in [-0.15, -0.1) is 0 Å². The number of halogens is 3. The van der Waals surface area contributed by atoms with Gasteiger partial charge in [0, 0.05) is 34.5 Å². The van der Waals surface area contributed by atoms with Gasteiger partial charge in [0.15, 0.2) is 0 Å². The molecule has 2 spiro atoms. The van der Waals surface area contributed by atoms with E-state index in [1.807, 2.05) is 44.1 Å². The first-order chi connectivity index (χ1) is 18.4. The lowest BCUT2D eigenvalue weighted by Crippen LogP contribution is -2.62. The maximum Gasteiger partial charge on any atom is 0.413 e. The zero-order chi connectivity index (χ0) is 27.5. The van der Waals surface area contributed by atoms with E-state index in [9.17, 15) is 23.4 Å². The van der Waals surface area contributed by atoms with Crippen LogP contribution in [0.2, 0.25) is 0 Å². The molecular weight excluding hydrogens is 507 g/mol. The first kappa shape index (κ1) is 25.4. The Bertz CT molecular complexity index is 1480. The van der Waals surface area contributed by atoms with Crippen LogP contribution in [0.15, 0.2) is 59.6 Å². The number of rotatable bonds is 2. The van der Waals surface area contributed by atoms with E-state index in [-0.39, 0.29) is 24.0 Å². The number of aliphatic hydroxyl groups excluding tert-OH is 2. The second-order valence-electron chi connectivity index (χ2n) is 12.4. The molecule has 5 aliphatic rings. The number of aliphatic hydroxyl groups is 2. The van der Waals surface area contributed by atoms with Gasteiger partial charge >= 0.3 is 6.18 Å². The normalized spacial score (nSPS) is 39.4. The van der Waals surface area contributed by atoms with Crippen molar-refractivity contribution in [1.29, 1.82) is 0 Å². The minimum absolute atomic E-state index is 0.149. The summed E-state index contributed by atoms with van der Waals surface area (Å²) in [6.07, 6.45) is 1.71. The van der Waals surface area contributed by atoms with Gasteiger partial charge in [-0.1, -0.05) is 31.2 Å². The molecule has 0 radical (unpaired) electrons. The molecular formula is C30H32F3N3O3. The number of benzene rings is 1. The Morgan fingerprint density at radius 3 is 2.69 bits per heavy atom. The molecule has 7 atom stereocenters. The summed E-state index contributed by atoms with van der Waals surface area (Å²) >= 11 is 0. The SMILES string of the molecule is CN(C)[C@H]1C[C@@]23CC[C@@]4(O2)C(=C(C(F)(F)F)C[C@]2(C)C(c5ccc6cncnc6c5)=CCC24)C=C3[C@@H](O)[C@@H]1O. The summed E-state index contributed by atoms with van der Waals surface area (Å²) in [7, 11) is 3.68. The molecule has 1 aromatic carbocycles. The number of aromatic nitrogens is 2. The van der Waals surface area contributed by atoms with Gasteiger partial charge in [-0.05, 0) is 74.5 Å². The smallest absolute Gasteiger partial charge is 0.388 e. The van der Waals surface area contributed by atoms with E-state index in [2.05, 4.69) is 16.0 Å². The van der Waals surface area contributed by atoms with Gasteiger partial charge in [0.1, 0.15) is 12.4 Å². The van der Waals surface area contributed by atoms with Crippen molar-refractivity contribution in [1.82, 2.24) is 14.9 Å². The van der Waals surface area contributed by atoms with Crippen molar-refractivity contribution in [3.8, 4) is 0 Å². The number of nitrogens with zero attached hydrogens (tertiary/aromatic N) is 3. The number of hydrogen-bond acceptors (Lipinski definition) is 6. The zero-order valence-electron chi connectivity index (χ0n) is 22.2. The van der Waals surface area contributed by atoms with Gasteiger partial charge < -0.3 is 19.8 Å². The highest BCUT2D eigenvalue weighted by molar-refractivity contribution is 5.84. The standard InChI is InChI=1S/C30H32F3N3O3/c1-27-12-21(30(31,32)33)19-11-20-25(37)26(38)23(36(2)3)13-28(20)8-9-29(19,39-28)24(27)7-6-18(27)16-4-5-17-14-34-15-35-22(17)10-16/h4-6,10-11,14-15,23-26,37-38H,7-9,12-13H2,1-3H3/t23-,24?,25+,26+,27+,28+,29+/m0/s1. The summed E-state index contributed by atoms with van der Waals surface area (Å²) in [4.78, 5) is 10.3. The van der Waals surface area contributed by atoms with E-state index in [1.165, 1.54) is 6.33 Å². The third-order valence-corrected chi connectivity index (χ3v) is 10.3. The van der Waals surface area contributed by atoms with Gasteiger partial charge in [0.25, 0.3) is 0 Å². The molecule has 39 heavy (non-hydrogen) atoms. The highest BCUT2D eigenvalue weighted by Crippen LogP contribution is 2.70. The van der Waals surface area contributed by atoms with Crippen molar-refractivity contribution in [2.75, 3.05) is 14.1 Å².